The molecule has 0 atom stereocenters. The lowest BCUT2D eigenvalue weighted by Gasteiger charge is -2.13. The van der Waals surface area contributed by atoms with E-state index < -0.39 is 0 Å². The number of benzene rings is 9. The number of hydrogen-bond acceptors (Lipinski definition) is 2. The Kier molecular flexibility index (Phi) is 7.82. The van der Waals surface area contributed by atoms with Crippen LogP contribution >= 0.6 is 0 Å². The molecule has 0 amide bonds. The van der Waals surface area contributed by atoms with Crippen molar-refractivity contribution in [2.24, 2.45) is 0 Å². The zero-order valence-corrected chi connectivity index (χ0v) is 32.6. The molecule has 280 valence electrons. The second kappa shape index (κ2) is 13.8. The summed E-state index contributed by atoms with van der Waals surface area (Å²) >= 11 is 0. The van der Waals surface area contributed by atoms with Crippen molar-refractivity contribution < 1.29 is 0 Å². The summed E-state index contributed by atoms with van der Waals surface area (Å²) in [6, 6.07) is 78.0. The average molecular weight is 765 g/mol. The molecule has 60 heavy (non-hydrogen) atoms. The quantitative estimate of drug-likeness (QED) is 0.169. The van der Waals surface area contributed by atoms with Crippen LogP contribution < -0.4 is 0 Å². The van der Waals surface area contributed by atoms with Crippen LogP contribution in [0.2, 0.25) is 0 Å². The molecule has 4 nitrogen and oxygen atoms in total. The predicted molar refractivity (Wildman–Crippen MR) is 250 cm³/mol. The van der Waals surface area contributed by atoms with Crippen molar-refractivity contribution >= 4 is 54.4 Å². The Morgan fingerprint density at radius 3 is 1.50 bits per heavy atom. The third-order valence-corrected chi connectivity index (χ3v) is 11.9. The maximum atomic E-state index is 5.29. The van der Waals surface area contributed by atoms with Gasteiger partial charge < -0.3 is 4.57 Å². The molecule has 0 radical (unpaired) electrons. The highest BCUT2D eigenvalue weighted by molar-refractivity contribution is 6.13. The Morgan fingerprint density at radius 2 is 0.783 bits per heavy atom. The van der Waals surface area contributed by atoms with Crippen LogP contribution in [0.5, 0.6) is 0 Å². The van der Waals surface area contributed by atoms with E-state index in [0.29, 0.717) is 5.82 Å². The van der Waals surface area contributed by atoms with Gasteiger partial charge in [0.15, 0.2) is 5.82 Å². The fourth-order valence-corrected chi connectivity index (χ4v) is 9.12. The number of hydrogen-bond donors (Lipinski definition) is 0. The van der Waals surface area contributed by atoms with E-state index in [-0.39, 0.29) is 0 Å². The van der Waals surface area contributed by atoms with Gasteiger partial charge in [-0.25, -0.2) is 9.97 Å². The molecule has 12 rings (SSSR count). The highest BCUT2D eigenvalue weighted by Gasteiger charge is 2.19. The first-order valence-electron chi connectivity index (χ1n) is 20.4. The molecule has 0 aliphatic heterocycles. The summed E-state index contributed by atoms with van der Waals surface area (Å²) in [5, 5.41) is 7.29. The van der Waals surface area contributed by atoms with Gasteiger partial charge in [0.25, 0.3) is 0 Å². The molecular formula is C56H36N4. The fraction of sp³-hybridized carbons (Fsp3) is 0. The molecule has 9 aromatic carbocycles. The summed E-state index contributed by atoms with van der Waals surface area (Å²) in [6.07, 6.45) is 0. The van der Waals surface area contributed by atoms with E-state index in [4.69, 9.17) is 9.97 Å². The normalized spacial score (nSPS) is 11.7. The van der Waals surface area contributed by atoms with Crippen LogP contribution in [0, 0.1) is 0 Å². The van der Waals surface area contributed by atoms with E-state index in [2.05, 4.69) is 209 Å². The van der Waals surface area contributed by atoms with E-state index in [0.717, 1.165) is 39.2 Å². The number of rotatable bonds is 6. The van der Waals surface area contributed by atoms with Gasteiger partial charge in [-0.3, -0.25) is 4.57 Å². The monoisotopic (exact) mass is 764 g/mol. The highest BCUT2D eigenvalue weighted by atomic mass is 15.1. The van der Waals surface area contributed by atoms with Crippen molar-refractivity contribution in [1.82, 2.24) is 19.1 Å². The maximum absolute atomic E-state index is 5.29. The Morgan fingerprint density at radius 1 is 0.283 bits per heavy atom. The minimum Gasteiger partial charge on any atom is -0.309 e. The highest BCUT2D eigenvalue weighted by Crippen LogP contribution is 2.40. The van der Waals surface area contributed by atoms with Crippen molar-refractivity contribution in [3.05, 3.63) is 218 Å². The van der Waals surface area contributed by atoms with Crippen molar-refractivity contribution in [3.8, 4) is 56.4 Å². The minimum atomic E-state index is 0.687. The van der Waals surface area contributed by atoms with Gasteiger partial charge in [0, 0.05) is 44.1 Å². The molecule has 0 saturated heterocycles. The SMILES string of the molecule is c1ccc(-c2cccc(-c3cc(-n4c5ccccc5c5cc(-c6ccc7c(c6)c6ccccc6n7-c6cccc7ccccc67)ccc54)nc(-c4ccccc4)n3)c2)cc1. The third-order valence-electron chi connectivity index (χ3n) is 11.9. The summed E-state index contributed by atoms with van der Waals surface area (Å²) in [7, 11) is 0. The van der Waals surface area contributed by atoms with Gasteiger partial charge in [-0.1, -0.05) is 164 Å². The van der Waals surface area contributed by atoms with E-state index >= 15 is 0 Å². The molecule has 0 fully saturated rings. The Balaban J connectivity index is 1.03. The van der Waals surface area contributed by atoms with Crippen molar-refractivity contribution in [2.45, 2.75) is 0 Å². The zero-order chi connectivity index (χ0) is 39.6. The molecule has 0 spiro atoms. The van der Waals surface area contributed by atoms with Gasteiger partial charge in [-0.15, -0.1) is 0 Å². The Hall–Kier alpha value is -8.08. The molecule has 4 heteroatoms. The molecule has 0 saturated carbocycles. The molecular weight excluding hydrogens is 729 g/mol. The third kappa shape index (κ3) is 5.53. The molecule has 3 aromatic heterocycles. The van der Waals surface area contributed by atoms with Crippen LogP contribution in [0.1, 0.15) is 0 Å². The van der Waals surface area contributed by atoms with Crippen LogP contribution in [0.3, 0.4) is 0 Å². The first-order chi connectivity index (χ1) is 29.7. The van der Waals surface area contributed by atoms with E-state index in [9.17, 15) is 0 Å². The van der Waals surface area contributed by atoms with Gasteiger partial charge in [-0.05, 0) is 76.2 Å². The lowest BCUT2D eigenvalue weighted by molar-refractivity contribution is 1.05. The zero-order valence-electron chi connectivity index (χ0n) is 32.6. The smallest absolute Gasteiger partial charge is 0.162 e. The minimum absolute atomic E-state index is 0.687. The topological polar surface area (TPSA) is 35.6 Å². The second-order valence-electron chi connectivity index (χ2n) is 15.4. The van der Waals surface area contributed by atoms with Crippen LogP contribution in [0.4, 0.5) is 0 Å². The van der Waals surface area contributed by atoms with Crippen LogP contribution in [-0.4, -0.2) is 19.1 Å². The fourth-order valence-electron chi connectivity index (χ4n) is 9.12. The molecule has 12 aromatic rings. The van der Waals surface area contributed by atoms with Crippen LogP contribution in [0.25, 0.3) is 111 Å². The number of aromatic nitrogens is 4. The first-order valence-corrected chi connectivity index (χ1v) is 20.4. The number of fused-ring (bicyclic) bond motifs is 7. The Bertz CT molecular complexity index is 3590. The maximum Gasteiger partial charge on any atom is 0.162 e. The van der Waals surface area contributed by atoms with Crippen LogP contribution in [-0.2, 0) is 0 Å². The summed E-state index contributed by atoms with van der Waals surface area (Å²) in [4.78, 5) is 10.5. The average Bonchev–Trinajstić information content (AvgIpc) is 3.84. The lowest BCUT2D eigenvalue weighted by Crippen LogP contribution is -2.02. The molecule has 0 bridgehead atoms. The van der Waals surface area contributed by atoms with Crippen molar-refractivity contribution in [3.63, 3.8) is 0 Å². The van der Waals surface area contributed by atoms with E-state index in [1.807, 2.05) is 18.2 Å². The molecule has 3 heterocycles. The van der Waals surface area contributed by atoms with Gasteiger partial charge in [0.05, 0.1) is 33.4 Å². The van der Waals surface area contributed by atoms with Gasteiger partial charge in [-0.2, -0.15) is 0 Å². The second-order valence-corrected chi connectivity index (χ2v) is 15.4. The molecule has 0 aliphatic rings. The number of nitrogens with zero attached hydrogens (tertiary/aromatic N) is 4. The Labute approximate surface area is 346 Å². The summed E-state index contributed by atoms with van der Waals surface area (Å²) in [6.45, 7) is 0. The summed E-state index contributed by atoms with van der Waals surface area (Å²) in [5.74, 6) is 1.51. The van der Waals surface area contributed by atoms with Gasteiger partial charge >= 0.3 is 0 Å². The van der Waals surface area contributed by atoms with Gasteiger partial charge in [0.1, 0.15) is 5.82 Å². The largest absolute Gasteiger partial charge is 0.309 e. The molecule has 0 aliphatic carbocycles. The predicted octanol–water partition coefficient (Wildman–Crippen LogP) is 14.5. The molecule has 0 unspecified atom stereocenters. The summed E-state index contributed by atoms with van der Waals surface area (Å²) < 4.78 is 4.72. The standard InChI is InChI=1S/C56H36N4/c1-3-15-37(16-4-1)40-21-13-22-43(33-40)49-36-55(58-56(57-49)39-18-5-2-6-19-39)60-52-27-12-10-25-46(52)48-35-42(30-32-54(48)60)41-29-31-53-47(34-41)45-24-9-11-26-51(45)59(53)50-28-14-20-38-17-7-8-23-44(38)50/h1-36H. The van der Waals surface area contributed by atoms with Gasteiger partial charge in [0.2, 0.25) is 0 Å². The van der Waals surface area contributed by atoms with E-state index in [1.54, 1.807) is 0 Å². The number of para-hydroxylation sites is 2. The first kappa shape index (κ1) is 34.0. The summed E-state index contributed by atoms with van der Waals surface area (Å²) in [5.41, 5.74) is 13.3. The molecule has 0 N–H and O–H groups in total. The van der Waals surface area contributed by atoms with Crippen molar-refractivity contribution in [2.75, 3.05) is 0 Å². The van der Waals surface area contributed by atoms with Crippen LogP contribution in [0.15, 0.2) is 218 Å². The van der Waals surface area contributed by atoms with Crippen molar-refractivity contribution in [1.29, 1.82) is 0 Å². The van der Waals surface area contributed by atoms with E-state index in [1.165, 1.54) is 65.7 Å². The lowest BCUT2D eigenvalue weighted by atomic mass is 10.0.